The predicted molar refractivity (Wildman–Crippen MR) is 137 cm³/mol. The molecule has 0 bridgehead atoms. The topological polar surface area (TPSA) is 71.1 Å². The van der Waals surface area contributed by atoms with Crippen LogP contribution in [-0.4, -0.2) is 37.4 Å². The summed E-state index contributed by atoms with van der Waals surface area (Å²) in [6.45, 7) is 15.8. The van der Waals surface area contributed by atoms with Crippen molar-refractivity contribution in [3.63, 3.8) is 0 Å². The Kier molecular flexibility index (Phi) is 10.2. The molecule has 0 saturated heterocycles. The molecule has 0 aromatic heterocycles. The van der Waals surface area contributed by atoms with Gasteiger partial charge in [-0.1, -0.05) is 65.8 Å². The van der Waals surface area contributed by atoms with Crippen molar-refractivity contribution in [2.24, 2.45) is 11.8 Å². The molecule has 6 nitrogen and oxygen atoms in total. The Labute approximate surface area is 209 Å². The van der Waals surface area contributed by atoms with Crippen molar-refractivity contribution >= 4 is 11.9 Å². The Balaban J connectivity index is 1.93. The number of benzene rings is 2. The lowest BCUT2D eigenvalue weighted by molar-refractivity contribution is -0.154. The highest BCUT2D eigenvalue weighted by Gasteiger charge is 2.23. The molecule has 35 heavy (non-hydrogen) atoms. The van der Waals surface area contributed by atoms with Gasteiger partial charge in [0.1, 0.15) is 36.9 Å². The van der Waals surface area contributed by atoms with Gasteiger partial charge in [0, 0.05) is 5.41 Å². The van der Waals surface area contributed by atoms with Crippen molar-refractivity contribution in [2.45, 2.75) is 73.0 Å². The van der Waals surface area contributed by atoms with Gasteiger partial charge in [0.25, 0.3) is 0 Å². The van der Waals surface area contributed by atoms with Crippen LogP contribution in [0.1, 0.15) is 66.5 Å². The van der Waals surface area contributed by atoms with Crippen molar-refractivity contribution in [3.8, 4) is 11.5 Å². The zero-order valence-electron chi connectivity index (χ0n) is 22.3. The molecule has 2 unspecified atom stereocenters. The van der Waals surface area contributed by atoms with Crippen LogP contribution >= 0.6 is 0 Å². The van der Waals surface area contributed by atoms with Crippen molar-refractivity contribution in [1.29, 1.82) is 0 Å². The van der Waals surface area contributed by atoms with Crippen LogP contribution in [0.4, 0.5) is 0 Å². The van der Waals surface area contributed by atoms with E-state index in [9.17, 15) is 9.59 Å². The fourth-order valence-electron chi connectivity index (χ4n) is 3.27. The van der Waals surface area contributed by atoms with Crippen LogP contribution < -0.4 is 9.47 Å². The quantitative estimate of drug-likeness (QED) is 0.347. The van der Waals surface area contributed by atoms with E-state index in [1.54, 1.807) is 0 Å². The number of carbonyl (C=O) groups excluding carboxylic acids is 2. The minimum absolute atomic E-state index is 0.155. The summed E-state index contributed by atoms with van der Waals surface area (Å²) in [5, 5.41) is 0. The number of ether oxygens (including phenoxy) is 4. The van der Waals surface area contributed by atoms with Gasteiger partial charge in [-0.2, -0.15) is 0 Å². The fraction of sp³-hybridized carbons (Fsp3) is 0.517. The minimum Gasteiger partial charge on any atom is -0.490 e. The zero-order chi connectivity index (χ0) is 26.2. The lowest BCUT2D eigenvalue weighted by Crippen LogP contribution is -2.24. The summed E-state index contributed by atoms with van der Waals surface area (Å²) >= 11 is 0. The maximum atomic E-state index is 11.7. The molecule has 0 N–H and O–H groups in total. The lowest BCUT2D eigenvalue weighted by Gasteiger charge is -2.26. The molecule has 0 amide bonds. The highest BCUT2D eigenvalue weighted by molar-refractivity contribution is 5.72. The Morgan fingerprint density at radius 1 is 0.629 bits per heavy atom. The van der Waals surface area contributed by atoms with Crippen LogP contribution in [0.25, 0.3) is 0 Å². The molecule has 0 radical (unpaired) electrons. The largest absolute Gasteiger partial charge is 0.490 e. The summed E-state index contributed by atoms with van der Waals surface area (Å²) in [4.78, 5) is 23.4. The SMILES string of the molecule is CC(COc1ccc(C(C)(C)c2ccc(OCC(C)OC(=O)C(C)C)cc2)cc1)OC(=O)C(C)C. The second-order valence-electron chi connectivity index (χ2n) is 10.1. The molecule has 0 heterocycles. The second kappa shape index (κ2) is 12.6. The van der Waals surface area contributed by atoms with Gasteiger partial charge >= 0.3 is 11.9 Å². The molecule has 2 aromatic rings. The van der Waals surface area contributed by atoms with E-state index in [4.69, 9.17) is 18.9 Å². The molecule has 192 valence electrons. The monoisotopic (exact) mass is 484 g/mol. The van der Waals surface area contributed by atoms with Crippen LogP contribution in [0.15, 0.2) is 48.5 Å². The average Bonchev–Trinajstić information content (AvgIpc) is 2.81. The van der Waals surface area contributed by atoms with Crippen LogP contribution in [0, 0.1) is 11.8 Å². The van der Waals surface area contributed by atoms with Crippen LogP contribution in [0.5, 0.6) is 11.5 Å². The van der Waals surface area contributed by atoms with E-state index < -0.39 is 0 Å². The number of hydrogen-bond acceptors (Lipinski definition) is 6. The standard InChI is InChI=1S/C29H40O6/c1-19(2)27(30)34-21(5)17-32-25-13-9-23(10-14-25)29(7,8)24-11-15-26(16-12-24)33-18-22(6)35-28(31)20(3)4/h9-16,19-22H,17-18H2,1-8H3. The molecule has 0 fully saturated rings. The molecular formula is C29H40O6. The number of esters is 2. The lowest BCUT2D eigenvalue weighted by atomic mass is 9.78. The van der Waals surface area contributed by atoms with E-state index in [1.165, 1.54) is 0 Å². The van der Waals surface area contributed by atoms with Gasteiger partial charge in [-0.25, -0.2) is 0 Å². The first-order valence-corrected chi connectivity index (χ1v) is 12.3. The molecule has 0 saturated carbocycles. The van der Waals surface area contributed by atoms with Crippen molar-refractivity contribution in [1.82, 2.24) is 0 Å². The third-order valence-corrected chi connectivity index (χ3v) is 5.70. The van der Waals surface area contributed by atoms with E-state index in [2.05, 4.69) is 38.1 Å². The van der Waals surface area contributed by atoms with Gasteiger partial charge in [0.15, 0.2) is 0 Å². The van der Waals surface area contributed by atoms with Gasteiger partial charge < -0.3 is 18.9 Å². The summed E-state index contributed by atoms with van der Waals surface area (Å²) in [6, 6.07) is 15.9. The smallest absolute Gasteiger partial charge is 0.308 e. The number of carbonyl (C=O) groups is 2. The van der Waals surface area contributed by atoms with Gasteiger partial charge in [-0.15, -0.1) is 0 Å². The summed E-state index contributed by atoms with van der Waals surface area (Å²) in [6.07, 6.45) is -0.626. The fourth-order valence-corrected chi connectivity index (χ4v) is 3.27. The maximum absolute atomic E-state index is 11.7. The first-order chi connectivity index (χ1) is 16.4. The molecule has 0 spiro atoms. The van der Waals surface area contributed by atoms with Crippen molar-refractivity contribution in [2.75, 3.05) is 13.2 Å². The molecule has 0 aliphatic carbocycles. The third-order valence-electron chi connectivity index (χ3n) is 5.70. The molecule has 0 aliphatic heterocycles. The summed E-state index contributed by atoms with van der Waals surface area (Å²) in [7, 11) is 0. The Morgan fingerprint density at radius 2 is 0.943 bits per heavy atom. The van der Waals surface area contributed by atoms with E-state index >= 15 is 0 Å². The molecule has 2 rings (SSSR count). The van der Waals surface area contributed by atoms with E-state index in [0.29, 0.717) is 13.2 Å². The van der Waals surface area contributed by atoms with E-state index in [0.717, 1.165) is 22.6 Å². The third kappa shape index (κ3) is 8.61. The van der Waals surface area contributed by atoms with Gasteiger partial charge in [-0.3, -0.25) is 9.59 Å². The summed E-state index contributed by atoms with van der Waals surface area (Å²) in [5.74, 6) is 0.702. The van der Waals surface area contributed by atoms with Gasteiger partial charge in [0.05, 0.1) is 11.8 Å². The summed E-state index contributed by atoms with van der Waals surface area (Å²) in [5.41, 5.74) is 2.07. The normalized spacial score (nSPS) is 13.3. The Morgan fingerprint density at radius 3 is 1.23 bits per heavy atom. The average molecular weight is 485 g/mol. The van der Waals surface area contributed by atoms with Crippen molar-refractivity contribution < 1.29 is 28.5 Å². The first-order valence-electron chi connectivity index (χ1n) is 12.3. The minimum atomic E-state index is -0.313. The van der Waals surface area contributed by atoms with Crippen LogP contribution in [0.2, 0.25) is 0 Å². The molecule has 6 heteroatoms. The summed E-state index contributed by atoms with van der Waals surface area (Å²) < 4.78 is 22.3. The van der Waals surface area contributed by atoms with E-state index in [-0.39, 0.29) is 41.4 Å². The molecule has 0 aliphatic rings. The second-order valence-corrected chi connectivity index (χ2v) is 10.1. The first kappa shape index (κ1) is 28.2. The Hall–Kier alpha value is -3.02. The molecule has 2 aromatic carbocycles. The van der Waals surface area contributed by atoms with Gasteiger partial charge in [0.2, 0.25) is 0 Å². The maximum Gasteiger partial charge on any atom is 0.308 e. The van der Waals surface area contributed by atoms with E-state index in [1.807, 2.05) is 65.8 Å². The van der Waals surface area contributed by atoms with Gasteiger partial charge in [-0.05, 0) is 49.2 Å². The highest BCUT2D eigenvalue weighted by atomic mass is 16.6. The Bertz CT molecular complexity index is 867. The number of hydrogen-bond donors (Lipinski definition) is 0. The predicted octanol–water partition coefficient (Wildman–Crippen LogP) is 5.95. The molecular weight excluding hydrogens is 444 g/mol. The molecule has 2 atom stereocenters. The van der Waals surface area contributed by atoms with Crippen LogP contribution in [0.3, 0.4) is 0 Å². The zero-order valence-corrected chi connectivity index (χ0v) is 22.3. The van der Waals surface area contributed by atoms with Crippen molar-refractivity contribution in [3.05, 3.63) is 59.7 Å². The number of rotatable bonds is 12. The highest BCUT2D eigenvalue weighted by Crippen LogP contribution is 2.33. The van der Waals surface area contributed by atoms with Crippen LogP contribution in [-0.2, 0) is 24.5 Å².